The summed E-state index contributed by atoms with van der Waals surface area (Å²) in [4.78, 5) is 16.6. The molecule has 4 aromatic rings. The maximum Gasteiger partial charge on any atom is 0.269 e. The van der Waals surface area contributed by atoms with Crippen LogP contribution < -0.4 is 11.1 Å². The van der Waals surface area contributed by atoms with Crippen molar-refractivity contribution in [2.24, 2.45) is 5.73 Å². The van der Waals surface area contributed by atoms with Crippen LogP contribution in [0.1, 0.15) is 16.1 Å². The van der Waals surface area contributed by atoms with Gasteiger partial charge in [-0.3, -0.25) is 4.79 Å². The minimum absolute atomic E-state index is 0.197. The number of amides is 1. The van der Waals surface area contributed by atoms with Crippen molar-refractivity contribution in [2.45, 2.75) is 6.54 Å². The van der Waals surface area contributed by atoms with Crippen LogP contribution in [0, 0.1) is 0 Å². The van der Waals surface area contributed by atoms with Gasteiger partial charge in [0.05, 0.1) is 11.7 Å². The third-order valence-corrected chi connectivity index (χ3v) is 4.50. The van der Waals surface area contributed by atoms with Crippen molar-refractivity contribution in [1.82, 2.24) is 14.9 Å². The number of carbonyl (C=O) groups is 1. The van der Waals surface area contributed by atoms with Gasteiger partial charge in [0.25, 0.3) is 5.91 Å². The summed E-state index contributed by atoms with van der Waals surface area (Å²) >= 11 is 0. The number of aromatic nitrogens is 2. The molecule has 2 aromatic carbocycles. The molecule has 0 spiro atoms. The predicted molar refractivity (Wildman–Crippen MR) is 104 cm³/mol. The van der Waals surface area contributed by atoms with E-state index >= 15 is 0 Å². The number of nitrogens with one attached hydrogen (secondary N) is 1. The van der Waals surface area contributed by atoms with E-state index < -0.39 is 0 Å². The van der Waals surface area contributed by atoms with Gasteiger partial charge in [-0.25, -0.2) is 4.98 Å². The van der Waals surface area contributed by atoms with Gasteiger partial charge in [0, 0.05) is 35.9 Å². The Morgan fingerprint density at radius 1 is 1.00 bits per heavy atom. The summed E-state index contributed by atoms with van der Waals surface area (Å²) in [6, 6.07) is 20.4. The molecule has 2 aromatic heterocycles. The van der Waals surface area contributed by atoms with E-state index in [0.29, 0.717) is 18.8 Å². The Labute approximate surface area is 151 Å². The molecule has 0 aliphatic carbocycles. The molecule has 4 rings (SSSR count). The summed E-state index contributed by atoms with van der Waals surface area (Å²) in [6.45, 7) is 1.60. The molecule has 2 heterocycles. The fourth-order valence-electron chi connectivity index (χ4n) is 3.28. The quantitative estimate of drug-likeness (QED) is 0.585. The summed E-state index contributed by atoms with van der Waals surface area (Å²) in [7, 11) is 0. The zero-order valence-corrected chi connectivity index (χ0v) is 14.4. The highest BCUT2D eigenvalue weighted by Gasteiger charge is 2.14. The molecule has 26 heavy (non-hydrogen) atoms. The van der Waals surface area contributed by atoms with Gasteiger partial charge >= 0.3 is 0 Å². The largest absolute Gasteiger partial charge is 0.349 e. The van der Waals surface area contributed by atoms with Crippen LogP contribution in [0.5, 0.6) is 0 Å². The van der Waals surface area contributed by atoms with Crippen molar-refractivity contribution in [2.75, 3.05) is 13.1 Å². The topological polar surface area (TPSA) is 72.9 Å². The van der Waals surface area contributed by atoms with Crippen molar-refractivity contribution in [3.05, 3.63) is 78.1 Å². The first-order valence-electron chi connectivity index (χ1n) is 8.67. The first-order valence-corrected chi connectivity index (χ1v) is 8.67. The molecule has 0 unspecified atom stereocenters. The lowest BCUT2D eigenvalue weighted by Crippen LogP contribution is -2.29. The van der Waals surface area contributed by atoms with Gasteiger partial charge in [0.2, 0.25) is 0 Å². The number of nitrogens with two attached hydrogens (primary N) is 1. The van der Waals surface area contributed by atoms with Crippen LogP contribution in [0.2, 0.25) is 0 Å². The summed E-state index contributed by atoms with van der Waals surface area (Å²) in [6.07, 6.45) is 1.79. The molecule has 0 aliphatic heterocycles. The Kier molecular flexibility index (Phi) is 4.37. The molecule has 5 heteroatoms. The summed E-state index contributed by atoms with van der Waals surface area (Å²) in [5.41, 5.74) is 9.24. The smallest absolute Gasteiger partial charge is 0.269 e. The number of fused-ring (bicyclic) bond motifs is 3. The summed E-state index contributed by atoms with van der Waals surface area (Å²) < 4.78 is 2.24. The van der Waals surface area contributed by atoms with Crippen molar-refractivity contribution in [1.29, 1.82) is 0 Å². The highest BCUT2D eigenvalue weighted by molar-refractivity contribution is 6.09. The number of para-hydroxylation sites is 1. The third kappa shape index (κ3) is 2.93. The van der Waals surface area contributed by atoms with E-state index in [-0.39, 0.29) is 5.91 Å². The van der Waals surface area contributed by atoms with Crippen LogP contribution in [-0.2, 0) is 6.54 Å². The minimum atomic E-state index is -0.197. The standard InChI is InChI=1S/C21H20N4O/c22-10-11-23-21(26)18-12-17-16-8-4-5-9-19(16)25(20(17)13-24-18)14-15-6-2-1-3-7-15/h1-9,12-13H,10-11,14,22H2,(H,23,26). The number of rotatable bonds is 5. The number of nitrogens with zero attached hydrogens (tertiary/aromatic N) is 2. The van der Waals surface area contributed by atoms with Gasteiger partial charge in [-0.1, -0.05) is 48.5 Å². The van der Waals surface area contributed by atoms with Gasteiger partial charge in [-0.15, -0.1) is 0 Å². The minimum Gasteiger partial charge on any atom is -0.349 e. The SMILES string of the molecule is NCCNC(=O)c1cc2c3ccccc3n(Cc3ccccc3)c2cn1. The number of benzene rings is 2. The van der Waals surface area contributed by atoms with Crippen LogP contribution in [0.25, 0.3) is 21.8 Å². The van der Waals surface area contributed by atoms with Gasteiger partial charge in [0.15, 0.2) is 0 Å². The second-order valence-corrected chi connectivity index (χ2v) is 6.22. The Hall–Kier alpha value is -3.18. The van der Waals surface area contributed by atoms with Crippen LogP contribution in [-0.4, -0.2) is 28.5 Å². The average Bonchev–Trinajstić information content (AvgIpc) is 3.00. The molecule has 0 bridgehead atoms. The Morgan fingerprint density at radius 2 is 1.77 bits per heavy atom. The third-order valence-electron chi connectivity index (χ3n) is 4.50. The van der Waals surface area contributed by atoms with Crippen LogP contribution in [0.4, 0.5) is 0 Å². The zero-order chi connectivity index (χ0) is 17.9. The highest BCUT2D eigenvalue weighted by atomic mass is 16.1. The van der Waals surface area contributed by atoms with E-state index in [1.807, 2.05) is 36.4 Å². The average molecular weight is 344 g/mol. The maximum absolute atomic E-state index is 12.2. The molecule has 0 aliphatic rings. The van der Waals surface area contributed by atoms with Crippen molar-refractivity contribution in [3.63, 3.8) is 0 Å². The van der Waals surface area contributed by atoms with E-state index in [1.54, 1.807) is 6.20 Å². The fraction of sp³-hybridized carbons (Fsp3) is 0.143. The van der Waals surface area contributed by atoms with Gasteiger partial charge < -0.3 is 15.6 Å². The lowest BCUT2D eigenvalue weighted by atomic mass is 10.1. The van der Waals surface area contributed by atoms with Gasteiger partial charge in [-0.05, 0) is 17.7 Å². The molecule has 0 radical (unpaired) electrons. The molecule has 0 saturated carbocycles. The summed E-state index contributed by atoms with van der Waals surface area (Å²) in [5, 5.41) is 4.93. The summed E-state index contributed by atoms with van der Waals surface area (Å²) in [5.74, 6) is -0.197. The second-order valence-electron chi connectivity index (χ2n) is 6.22. The molecular formula is C21H20N4O. The first kappa shape index (κ1) is 16.3. The van der Waals surface area contributed by atoms with Crippen LogP contribution >= 0.6 is 0 Å². The monoisotopic (exact) mass is 344 g/mol. The van der Waals surface area contributed by atoms with E-state index in [0.717, 1.165) is 28.4 Å². The normalized spacial score (nSPS) is 11.1. The van der Waals surface area contributed by atoms with Crippen molar-refractivity contribution >= 4 is 27.7 Å². The maximum atomic E-state index is 12.2. The number of hydrogen-bond acceptors (Lipinski definition) is 3. The van der Waals surface area contributed by atoms with E-state index in [9.17, 15) is 4.79 Å². The molecular weight excluding hydrogens is 324 g/mol. The number of carbonyl (C=O) groups excluding carboxylic acids is 1. The first-order chi connectivity index (χ1) is 12.8. The Bertz CT molecular complexity index is 1070. The molecule has 130 valence electrons. The molecule has 3 N–H and O–H groups in total. The van der Waals surface area contributed by atoms with Crippen molar-refractivity contribution < 1.29 is 4.79 Å². The van der Waals surface area contributed by atoms with E-state index in [2.05, 4.69) is 39.1 Å². The van der Waals surface area contributed by atoms with Crippen LogP contribution in [0.3, 0.4) is 0 Å². The van der Waals surface area contributed by atoms with Crippen LogP contribution in [0.15, 0.2) is 66.9 Å². The second kappa shape index (κ2) is 6.98. The molecule has 0 fully saturated rings. The van der Waals surface area contributed by atoms with Crippen molar-refractivity contribution in [3.8, 4) is 0 Å². The Morgan fingerprint density at radius 3 is 2.58 bits per heavy atom. The zero-order valence-electron chi connectivity index (χ0n) is 14.4. The lowest BCUT2D eigenvalue weighted by Gasteiger charge is -2.08. The van der Waals surface area contributed by atoms with E-state index in [4.69, 9.17) is 5.73 Å². The van der Waals surface area contributed by atoms with E-state index in [1.165, 1.54) is 5.56 Å². The number of pyridine rings is 1. The lowest BCUT2D eigenvalue weighted by molar-refractivity contribution is 0.0950. The molecule has 1 amide bonds. The van der Waals surface area contributed by atoms with Gasteiger partial charge in [0.1, 0.15) is 5.69 Å². The molecule has 5 nitrogen and oxygen atoms in total. The Balaban J connectivity index is 1.84. The predicted octanol–water partition coefficient (Wildman–Crippen LogP) is 2.93. The number of hydrogen-bond donors (Lipinski definition) is 2. The molecule has 0 atom stereocenters. The highest BCUT2D eigenvalue weighted by Crippen LogP contribution is 2.29. The van der Waals surface area contributed by atoms with Gasteiger partial charge in [-0.2, -0.15) is 0 Å². The fourth-order valence-corrected chi connectivity index (χ4v) is 3.28. The molecule has 0 saturated heterocycles.